The van der Waals surface area contributed by atoms with Crippen LogP contribution in [0.15, 0.2) is 0 Å². The minimum atomic E-state index is -0.379. The molecular weight excluding hydrogens is 214 g/mol. The lowest BCUT2D eigenvalue weighted by atomic mass is 9.98. The van der Waals surface area contributed by atoms with Crippen molar-refractivity contribution in [3.8, 4) is 6.07 Å². The fourth-order valence-corrected chi connectivity index (χ4v) is 2.12. The van der Waals surface area contributed by atoms with E-state index >= 15 is 0 Å². The average molecular weight is 239 g/mol. The van der Waals surface area contributed by atoms with Crippen molar-refractivity contribution in [2.24, 2.45) is 0 Å². The molecule has 17 heavy (non-hydrogen) atoms. The van der Waals surface area contributed by atoms with E-state index in [1.807, 2.05) is 14.0 Å². The maximum Gasteiger partial charge on any atom is 0.103 e. The molecule has 4 nitrogen and oxygen atoms in total. The summed E-state index contributed by atoms with van der Waals surface area (Å²) < 4.78 is 5.64. The lowest BCUT2D eigenvalue weighted by Crippen LogP contribution is -2.43. The van der Waals surface area contributed by atoms with Gasteiger partial charge < -0.3 is 10.1 Å². The van der Waals surface area contributed by atoms with E-state index in [2.05, 4.69) is 23.2 Å². The summed E-state index contributed by atoms with van der Waals surface area (Å²) in [6, 6.07) is 2.33. The second-order valence-corrected chi connectivity index (χ2v) is 5.00. The number of nitrogens with one attached hydrogen (secondary N) is 1. The fourth-order valence-electron chi connectivity index (χ4n) is 2.12. The summed E-state index contributed by atoms with van der Waals surface area (Å²) in [6.07, 6.45) is 3.44. The van der Waals surface area contributed by atoms with Crippen molar-refractivity contribution in [1.82, 2.24) is 10.2 Å². The average Bonchev–Trinajstić information content (AvgIpc) is 2.39. The molecule has 1 heterocycles. The third kappa shape index (κ3) is 4.63. The number of nitrogens with zero attached hydrogens (tertiary/aromatic N) is 2. The first-order valence-corrected chi connectivity index (χ1v) is 6.57. The fraction of sp³-hybridized carbons (Fsp3) is 0.923. The van der Waals surface area contributed by atoms with Gasteiger partial charge in [-0.2, -0.15) is 5.26 Å². The Morgan fingerprint density at radius 3 is 2.94 bits per heavy atom. The van der Waals surface area contributed by atoms with E-state index in [9.17, 15) is 0 Å². The van der Waals surface area contributed by atoms with Crippen LogP contribution < -0.4 is 5.32 Å². The molecule has 0 aliphatic carbocycles. The molecule has 2 atom stereocenters. The number of nitriles is 1. The highest BCUT2D eigenvalue weighted by Crippen LogP contribution is 2.13. The monoisotopic (exact) mass is 239 g/mol. The summed E-state index contributed by atoms with van der Waals surface area (Å²) in [5, 5.41) is 12.1. The van der Waals surface area contributed by atoms with Gasteiger partial charge in [0.25, 0.3) is 0 Å². The summed E-state index contributed by atoms with van der Waals surface area (Å²) in [7, 11) is 1.85. The Bertz CT molecular complexity index is 264. The van der Waals surface area contributed by atoms with E-state index in [1.54, 1.807) is 0 Å². The summed E-state index contributed by atoms with van der Waals surface area (Å²) in [5.74, 6) is 0. The first kappa shape index (κ1) is 14.4. The SMILES string of the molecule is CCC1CN(CCCC(C)(C#N)NC)CCO1. The lowest BCUT2D eigenvalue weighted by molar-refractivity contribution is -0.0302. The zero-order valence-electron chi connectivity index (χ0n) is 11.3. The summed E-state index contributed by atoms with van der Waals surface area (Å²) in [4.78, 5) is 2.45. The van der Waals surface area contributed by atoms with Crippen LogP contribution in [0.3, 0.4) is 0 Å². The van der Waals surface area contributed by atoms with Gasteiger partial charge in [0.1, 0.15) is 5.54 Å². The topological polar surface area (TPSA) is 48.3 Å². The van der Waals surface area contributed by atoms with Gasteiger partial charge in [0.15, 0.2) is 0 Å². The Morgan fingerprint density at radius 2 is 2.35 bits per heavy atom. The minimum absolute atomic E-state index is 0.379. The van der Waals surface area contributed by atoms with Gasteiger partial charge in [-0.15, -0.1) is 0 Å². The van der Waals surface area contributed by atoms with Crippen molar-refractivity contribution in [2.75, 3.05) is 33.3 Å². The Hall–Kier alpha value is -0.630. The summed E-state index contributed by atoms with van der Waals surface area (Å²) in [6.45, 7) is 8.11. The second kappa shape index (κ2) is 6.95. The van der Waals surface area contributed by atoms with Crippen molar-refractivity contribution in [1.29, 1.82) is 5.26 Å². The van der Waals surface area contributed by atoms with E-state index < -0.39 is 0 Å². The Labute approximate surface area is 105 Å². The van der Waals surface area contributed by atoms with Crippen LogP contribution in [-0.4, -0.2) is 49.8 Å². The van der Waals surface area contributed by atoms with E-state index in [0.29, 0.717) is 6.10 Å². The summed E-state index contributed by atoms with van der Waals surface area (Å²) in [5.41, 5.74) is -0.379. The third-order valence-electron chi connectivity index (χ3n) is 3.63. The molecule has 1 N–H and O–H groups in total. The van der Waals surface area contributed by atoms with Gasteiger partial charge in [-0.25, -0.2) is 0 Å². The van der Waals surface area contributed by atoms with Crippen LogP contribution in [0.5, 0.6) is 0 Å². The van der Waals surface area contributed by atoms with Crippen molar-refractivity contribution in [3.63, 3.8) is 0 Å². The van der Waals surface area contributed by atoms with Crippen LogP contribution >= 0.6 is 0 Å². The van der Waals surface area contributed by atoms with Crippen LogP contribution in [0.25, 0.3) is 0 Å². The van der Waals surface area contributed by atoms with Crippen molar-refractivity contribution in [3.05, 3.63) is 0 Å². The Balaban J connectivity index is 2.24. The Kier molecular flexibility index (Phi) is 5.90. The van der Waals surface area contributed by atoms with Gasteiger partial charge in [0.2, 0.25) is 0 Å². The van der Waals surface area contributed by atoms with Crippen LogP contribution in [0.2, 0.25) is 0 Å². The number of ether oxygens (including phenoxy) is 1. The number of morpholine rings is 1. The molecule has 2 unspecified atom stereocenters. The van der Waals surface area contributed by atoms with Gasteiger partial charge >= 0.3 is 0 Å². The van der Waals surface area contributed by atoms with Gasteiger partial charge in [0, 0.05) is 13.1 Å². The van der Waals surface area contributed by atoms with Crippen molar-refractivity contribution in [2.45, 2.75) is 44.8 Å². The molecular formula is C13H25N3O. The highest BCUT2D eigenvalue weighted by Gasteiger charge is 2.22. The molecule has 1 rings (SSSR count). The Morgan fingerprint density at radius 1 is 1.59 bits per heavy atom. The molecule has 1 saturated heterocycles. The molecule has 0 spiro atoms. The van der Waals surface area contributed by atoms with E-state index in [0.717, 1.165) is 45.5 Å². The molecule has 0 aromatic rings. The molecule has 4 heteroatoms. The van der Waals surface area contributed by atoms with Gasteiger partial charge in [0.05, 0.1) is 18.8 Å². The van der Waals surface area contributed by atoms with Crippen LogP contribution in [-0.2, 0) is 4.74 Å². The largest absolute Gasteiger partial charge is 0.376 e. The quantitative estimate of drug-likeness (QED) is 0.761. The molecule has 0 amide bonds. The second-order valence-electron chi connectivity index (χ2n) is 5.00. The smallest absolute Gasteiger partial charge is 0.103 e. The molecule has 1 fully saturated rings. The maximum absolute atomic E-state index is 9.06. The molecule has 98 valence electrons. The van der Waals surface area contributed by atoms with Gasteiger partial charge in [-0.3, -0.25) is 4.90 Å². The van der Waals surface area contributed by atoms with Gasteiger partial charge in [-0.05, 0) is 39.8 Å². The minimum Gasteiger partial charge on any atom is -0.376 e. The van der Waals surface area contributed by atoms with Crippen molar-refractivity contribution >= 4 is 0 Å². The molecule has 1 aliphatic rings. The van der Waals surface area contributed by atoms with Crippen LogP contribution in [0.4, 0.5) is 0 Å². The first-order valence-electron chi connectivity index (χ1n) is 6.57. The molecule has 0 aromatic heterocycles. The molecule has 1 aliphatic heterocycles. The summed E-state index contributed by atoms with van der Waals surface area (Å²) >= 11 is 0. The molecule has 0 aromatic carbocycles. The van der Waals surface area contributed by atoms with E-state index in [4.69, 9.17) is 10.00 Å². The highest BCUT2D eigenvalue weighted by molar-refractivity contribution is 5.02. The standard InChI is InChI=1S/C13H25N3O/c1-4-12-10-16(8-9-17-12)7-5-6-13(2,11-14)15-3/h12,15H,4-10H2,1-3H3. The number of rotatable bonds is 6. The van der Waals surface area contributed by atoms with Gasteiger partial charge in [-0.1, -0.05) is 6.92 Å². The third-order valence-corrected chi connectivity index (χ3v) is 3.63. The van der Waals surface area contributed by atoms with E-state index in [1.165, 1.54) is 0 Å². The zero-order valence-corrected chi connectivity index (χ0v) is 11.3. The number of hydrogen-bond acceptors (Lipinski definition) is 4. The normalized spacial score (nSPS) is 25.2. The van der Waals surface area contributed by atoms with Crippen molar-refractivity contribution < 1.29 is 4.74 Å². The predicted octanol–water partition coefficient (Wildman–Crippen LogP) is 1.38. The molecule has 0 saturated carbocycles. The maximum atomic E-state index is 9.06. The van der Waals surface area contributed by atoms with E-state index in [-0.39, 0.29) is 5.54 Å². The van der Waals surface area contributed by atoms with Crippen LogP contribution in [0.1, 0.15) is 33.1 Å². The lowest BCUT2D eigenvalue weighted by Gasteiger charge is -2.33. The highest BCUT2D eigenvalue weighted by atomic mass is 16.5. The molecule has 0 bridgehead atoms. The first-order chi connectivity index (χ1) is 8.13. The predicted molar refractivity (Wildman–Crippen MR) is 68.8 cm³/mol. The number of hydrogen-bond donors (Lipinski definition) is 1. The molecule has 0 radical (unpaired) electrons. The zero-order chi connectivity index (χ0) is 12.7. The van der Waals surface area contributed by atoms with Crippen LogP contribution in [0, 0.1) is 11.3 Å².